The predicted octanol–water partition coefficient (Wildman–Crippen LogP) is 3.15. The highest BCUT2D eigenvalue weighted by atomic mass is 16.5. The highest BCUT2D eigenvalue weighted by Gasteiger charge is 2.34. The second-order valence-electron chi connectivity index (χ2n) is 6.78. The van der Waals surface area contributed by atoms with Gasteiger partial charge in [-0.3, -0.25) is 9.69 Å². The third kappa shape index (κ3) is 2.98. The molecule has 0 N–H and O–H groups in total. The molecule has 2 saturated heterocycles. The minimum Gasteiger partial charge on any atom is -0.455 e. The summed E-state index contributed by atoms with van der Waals surface area (Å²) in [5.41, 5.74) is 0.843. The predicted molar refractivity (Wildman–Crippen MR) is 87.5 cm³/mol. The second-order valence-corrected chi connectivity index (χ2v) is 6.78. The van der Waals surface area contributed by atoms with Gasteiger partial charge in [0.1, 0.15) is 5.76 Å². The Morgan fingerprint density at radius 2 is 2.08 bits per heavy atom. The Kier molecular flexibility index (Phi) is 4.14. The zero-order valence-corrected chi connectivity index (χ0v) is 14.0. The van der Waals surface area contributed by atoms with E-state index >= 15 is 0 Å². The highest BCUT2D eigenvalue weighted by Crippen LogP contribution is 2.33. The van der Waals surface area contributed by atoms with E-state index in [-0.39, 0.29) is 11.9 Å². The number of hydrogen-bond donors (Lipinski definition) is 0. The molecule has 6 heteroatoms. The molecule has 1 atom stereocenters. The van der Waals surface area contributed by atoms with Crippen LogP contribution in [-0.2, 0) is 6.54 Å². The third-order valence-electron chi connectivity index (χ3n) is 4.94. The van der Waals surface area contributed by atoms with Gasteiger partial charge >= 0.3 is 0 Å². The molecule has 0 aliphatic carbocycles. The minimum atomic E-state index is -0.0563. The van der Waals surface area contributed by atoms with Crippen molar-refractivity contribution >= 4 is 5.91 Å². The molecule has 2 aliphatic rings. The van der Waals surface area contributed by atoms with Gasteiger partial charge < -0.3 is 13.8 Å². The van der Waals surface area contributed by atoms with Gasteiger partial charge in [0.05, 0.1) is 18.3 Å². The monoisotopic (exact) mass is 329 g/mol. The van der Waals surface area contributed by atoms with E-state index in [2.05, 4.69) is 10.1 Å². The van der Waals surface area contributed by atoms with Crippen molar-refractivity contribution in [3.05, 3.63) is 41.2 Å². The van der Waals surface area contributed by atoms with E-state index in [0.29, 0.717) is 5.76 Å². The lowest BCUT2D eigenvalue weighted by molar-refractivity contribution is 0.0679. The fourth-order valence-electron chi connectivity index (χ4n) is 3.73. The summed E-state index contributed by atoms with van der Waals surface area (Å²) in [6.45, 7) is 5.64. The lowest BCUT2D eigenvalue weighted by Crippen LogP contribution is -2.30. The summed E-state index contributed by atoms with van der Waals surface area (Å²) < 4.78 is 11.2. The van der Waals surface area contributed by atoms with Gasteiger partial charge in [-0.25, -0.2) is 0 Å². The van der Waals surface area contributed by atoms with Gasteiger partial charge in [-0.15, -0.1) is 0 Å². The number of carbonyl (C=O) groups is 1. The lowest BCUT2D eigenvalue weighted by atomic mass is 10.1. The van der Waals surface area contributed by atoms with E-state index in [9.17, 15) is 4.79 Å². The van der Waals surface area contributed by atoms with E-state index in [4.69, 9.17) is 8.94 Å². The molecule has 0 radical (unpaired) electrons. The molecule has 0 saturated carbocycles. The van der Waals surface area contributed by atoms with Crippen LogP contribution in [0, 0.1) is 6.92 Å². The molecule has 2 aliphatic heterocycles. The van der Waals surface area contributed by atoms with E-state index in [1.54, 1.807) is 6.07 Å². The Labute approximate surface area is 141 Å². The van der Waals surface area contributed by atoms with Gasteiger partial charge in [0.15, 0.2) is 11.5 Å². The van der Waals surface area contributed by atoms with Crippen molar-refractivity contribution in [2.24, 2.45) is 0 Å². The number of aryl methyl sites for hydroxylation is 1. The molecular weight excluding hydrogens is 306 g/mol. The van der Waals surface area contributed by atoms with E-state index < -0.39 is 0 Å². The van der Waals surface area contributed by atoms with Crippen LogP contribution >= 0.6 is 0 Å². The molecule has 24 heavy (non-hydrogen) atoms. The van der Waals surface area contributed by atoms with Crippen LogP contribution in [0.5, 0.6) is 0 Å². The highest BCUT2D eigenvalue weighted by molar-refractivity contribution is 5.92. The Bertz CT molecular complexity index is 715. The molecule has 0 bridgehead atoms. The smallest absolute Gasteiger partial charge is 0.290 e. The summed E-state index contributed by atoms with van der Waals surface area (Å²) in [6, 6.07) is 5.60. The summed E-state index contributed by atoms with van der Waals surface area (Å²) in [6.07, 6.45) is 4.37. The van der Waals surface area contributed by atoms with Crippen LogP contribution in [0.3, 0.4) is 0 Å². The van der Waals surface area contributed by atoms with Gasteiger partial charge in [-0.2, -0.15) is 0 Å². The van der Waals surface area contributed by atoms with Gasteiger partial charge in [0, 0.05) is 12.6 Å². The number of rotatable bonds is 4. The molecule has 0 spiro atoms. The van der Waals surface area contributed by atoms with Crippen LogP contribution in [0.25, 0.3) is 0 Å². The summed E-state index contributed by atoms with van der Waals surface area (Å²) in [7, 11) is 0. The maximum Gasteiger partial charge on any atom is 0.290 e. The number of carbonyl (C=O) groups excluding carboxylic acids is 1. The first-order valence-corrected chi connectivity index (χ1v) is 8.76. The van der Waals surface area contributed by atoms with Gasteiger partial charge in [0.25, 0.3) is 5.91 Å². The Morgan fingerprint density at radius 1 is 1.25 bits per heavy atom. The quantitative estimate of drug-likeness (QED) is 0.862. The molecule has 4 heterocycles. The summed E-state index contributed by atoms with van der Waals surface area (Å²) in [4.78, 5) is 17.1. The van der Waals surface area contributed by atoms with Crippen molar-refractivity contribution in [3.8, 4) is 0 Å². The van der Waals surface area contributed by atoms with Gasteiger partial charge in [-0.1, -0.05) is 5.16 Å². The van der Waals surface area contributed by atoms with E-state index in [0.717, 1.165) is 56.2 Å². The Morgan fingerprint density at radius 3 is 2.83 bits per heavy atom. The summed E-state index contributed by atoms with van der Waals surface area (Å²) >= 11 is 0. The van der Waals surface area contributed by atoms with Crippen LogP contribution in [-0.4, -0.2) is 40.5 Å². The van der Waals surface area contributed by atoms with Crippen LogP contribution in [0.2, 0.25) is 0 Å². The van der Waals surface area contributed by atoms with Crippen molar-refractivity contribution in [1.29, 1.82) is 0 Å². The molecule has 1 amide bonds. The van der Waals surface area contributed by atoms with Crippen molar-refractivity contribution in [3.63, 3.8) is 0 Å². The lowest BCUT2D eigenvalue weighted by Gasteiger charge is -2.21. The average molecular weight is 329 g/mol. The zero-order valence-electron chi connectivity index (χ0n) is 14.0. The fourth-order valence-corrected chi connectivity index (χ4v) is 3.73. The Hall–Kier alpha value is -2.08. The van der Waals surface area contributed by atoms with Crippen LogP contribution in [0.1, 0.15) is 59.5 Å². The molecule has 2 fully saturated rings. The number of likely N-dealkylation sites (tertiary alicyclic amines) is 2. The van der Waals surface area contributed by atoms with Gasteiger partial charge in [0.2, 0.25) is 0 Å². The fraction of sp³-hybridized carbons (Fsp3) is 0.556. The van der Waals surface area contributed by atoms with Crippen LogP contribution in [0.4, 0.5) is 0 Å². The Balaban J connectivity index is 1.47. The van der Waals surface area contributed by atoms with Crippen LogP contribution < -0.4 is 0 Å². The molecule has 1 unspecified atom stereocenters. The number of amides is 1. The van der Waals surface area contributed by atoms with Crippen LogP contribution in [0.15, 0.2) is 27.1 Å². The molecule has 4 rings (SSSR count). The average Bonchev–Trinajstić information content (AvgIpc) is 3.34. The summed E-state index contributed by atoms with van der Waals surface area (Å²) in [5, 5.41) is 3.95. The van der Waals surface area contributed by atoms with E-state index in [1.165, 1.54) is 12.8 Å². The topological polar surface area (TPSA) is 62.7 Å². The maximum atomic E-state index is 12.8. The molecular formula is C18H23N3O3. The molecule has 2 aromatic heterocycles. The standard InChI is InChI=1S/C18H23N3O3/c1-13-11-17(24-19-13)15-5-4-10-21(15)18(22)16-7-6-14(23-16)12-20-8-2-3-9-20/h6-7,11,15H,2-5,8-10,12H2,1H3. The number of hydrogen-bond acceptors (Lipinski definition) is 5. The second kappa shape index (κ2) is 6.43. The minimum absolute atomic E-state index is 0.0363. The van der Waals surface area contributed by atoms with Crippen molar-refractivity contribution < 1.29 is 13.7 Å². The number of aromatic nitrogens is 1. The maximum absolute atomic E-state index is 12.8. The van der Waals surface area contributed by atoms with Gasteiger partial charge in [-0.05, 0) is 57.8 Å². The molecule has 6 nitrogen and oxygen atoms in total. The normalized spacial score (nSPS) is 21.7. The first-order valence-electron chi connectivity index (χ1n) is 8.76. The molecule has 0 aromatic carbocycles. The first-order chi connectivity index (χ1) is 11.7. The molecule has 128 valence electrons. The number of furan rings is 1. The van der Waals surface area contributed by atoms with Crippen molar-refractivity contribution in [2.45, 2.75) is 45.2 Å². The SMILES string of the molecule is Cc1cc(C2CCCN2C(=O)c2ccc(CN3CCCC3)o2)on1. The number of nitrogens with zero attached hydrogens (tertiary/aromatic N) is 3. The van der Waals surface area contributed by atoms with Crippen molar-refractivity contribution in [2.75, 3.05) is 19.6 Å². The largest absolute Gasteiger partial charge is 0.455 e. The van der Waals surface area contributed by atoms with Crippen molar-refractivity contribution in [1.82, 2.24) is 15.0 Å². The third-order valence-corrected chi connectivity index (χ3v) is 4.94. The zero-order chi connectivity index (χ0) is 16.5. The van der Waals surface area contributed by atoms with E-state index in [1.807, 2.05) is 24.0 Å². The molecule has 2 aromatic rings. The summed E-state index contributed by atoms with van der Waals surface area (Å²) in [5.74, 6) is 2.00. The first kappa shape index (κ1) is 15.4.